The van der Waals surface area contributed by atoms with Crippen molar-refractivity contribution in [3.8, 4) is 0 Å². The summed E-state index contributed by atoms with van der Waals surface area (Å²) in [6.07, 6.45) is 0. The van der Waals surface area contributed by atoms with Crippen molar-refractivity contribution >= 4 is 21.4 Å². The lowest BCUT2D eigenvalue weighted by Crippen LogP contribution is -2.31. The highest BCUT2D eigenvalue weighted by Gasteiger charge is 2.23. The number of nitrogens with one attached hydrogen (secondary N) is 1. The predicted octanol–water partition coefficient (Wildman–Crippen LogP) is 0.602. The highest BCUT2D eigenvalue weighted by Crippen LogP contribution is 2.30. The molecule has 0 saturated heterocycles. The molecule has 0 radical (unpaired) electrons. The van der Waals surface area contributed by atoms with Gasteiger partial charge >= 0.3 is 0 Å². The van der Waals surface area contributed by atoms with Crippen molar-refractivity contribution in [2.45, 2.75) is 4.90 Å². The van der Waals surface area contributed by atoms with Gasteiger partial charge in [-0.1, -0.05) is 0 Å². The van der Waals surface area contributed by atoms with Crippen LogP contribution in [0.15, 0.2) is 23.1 Å². The number of ether oxygens (including phenoxy) is 2. The Kier molecular flexibility index (Phi) is 7.36. The fraction of sp³-hybridized carbons (Fsp3) is 0.538. The molecule has 0 heterocycles. The molecular weight excluding hydrogens is 326 g/mol. The van der Waals surface area contributed by atoms with Gasteiger partial charge in [0.25, 0.3) is 5.69 Å². The highest BCUT2D eigenvalue weighted by atomic mass is 32.2. The number of hydrogen-bond acceptors (Lipinski definition) is 7. The Balaban J connectivity index is 3.28. The second-order valence-corrected chi connectivity index (χ2v) is 6.47. The molecule has 0 aromatic heterocycles. The van der Waals surface area contributed by atoms with Crippen molar-refractivity contribution < 1.29 is 22.8 Å². The molecule has 0 amide bonds. The van der Waals surface area contributed by atoms with Gasteiger partial charge in [-0.2, -0.15) is 0 Å². The number of nitro benzene ring substituents is 1. The molecule has 0 spiro atoms. The predicted molar refractivity (Wildman–Crippen MR) is 85.3 cm³/mol. The summed E-state index contributed by atoms with van der Waals surface area (Å²) in [5.74, 6) is 0. The molecule has 1 aromatic carbocycles. The Bertz CT molecular complexity index is 627. The number of nitrogens with zero attached hydrogens (tertiary/aromatic N) is 2. The maximum absolute atomic E-state index is 11.8. The van der Waals surface area contributed by atoms with E-state index in [1.54, 1.807) is 4.90 Å². The number of nitro groups is 1. The first-order valence-corrected chi connectivity index (χ1v) is 8.30. The summed E-state index contributed by atoms with van der Waals surface area (Å²) in [5, 5.41) is 11.3. The van der Waals surface area contributed by atoms with Crippen LogP contribution >= 0.6 is 0 Å². The molecule has 1 rings (SSSR count). The van der Waals surface area contributed by atoms with Crippen molar-refractivity contribution in [3.63, 3.8) is 0 Å². The second kappa shape index (κ2) is 8.77. The van der Waals surface area contributed by atoms with E-state index < -0.39 is 14.9 Å². The zero-order valence-electron chi connectivity index (χ0n) is 13.3. The van der Waals surface area contributed by atoms with E-state index in [2.05, 4.69) is 4.72 Å². The van der Waals surface area contributed by atoms with Crippen LogP contribution in [0.3, 0.4) is 0 Å². The van der Waals surface area contributed by atoms with Crippen LogP contribution < -0.4 is 9.62 Å². The van der Waals surface area contributed by atoms with E-state index >= 15 is 0 Å². The quantitative estimate of drug-likeness (QED) is 0.487. The lowest BCUT2D eigenvalue weighted by atomic mass is 10.2. The van der Waals surface area contributed by atoms with Gasteiger partial charge in [0.2, 0.25) is 10.0 Å². The van der Waals surface area contributed by atoms with Crippen molar-refractivity contribution in [1.29, 1.82) is 0 Å². The van der Waals surface area contributed by atoms with Crippen molar-refractivity contribution in [2.24, 2.45) is 0 Å². The zero-order valence-corrected chi connectivity index (χ0v) is 14.1. The maximum Gasteiger partial charge on any atom is 0.293 e. The number of rotatable bonds is 10. The molecule has 1 N–H and O–H groups in total. The van der Waals surface area contributed by atoms with E-state index in [1.807, 2.05) is 0 Å². The maximum atomic E-state index is 11.8. The van der Waals surface area contributed by atoms with Crippen LogP contribution in [-0.2, 0) is 19.5 Å². The molecule has 0 aliphatic carbocycles. The van der Waals surface area contributed by atoms with Crippen LogP contribution in [-0.4, -0.2) is 60.9 Å². The van der Waals surface area contributed by atoms with Crippen LogP contribution in [0.2, 0.25) is 0 Å². The molecular formula is C13H21N3O6S. The van der Waals surface area contributed by atoms with Crippen LogP contribution in [0.25, 0.3) is 0 Å². The van der Waals surface area contributed by atoms with Gasteiger partial charge in [-0.15, -0.1) is 0 Å². The van der Waals surface area contributed by atoms with Crippen LogP contribution in [0.1, 0.15) is 0 Å². The lowest BCUT2D eigenvalue weighted by molar-refractivity contribution is -0.384. The topological polar surface area (TPSA) is 111 Å². The van der Waals surface area contributed by atoms with E-state index in [9.17, 15) is 18.5 Å². The Morgan fingerprint density at radius 3 is 2.22 bits per heavy atom. The van der Waals surface area contributed by atoms with Gasteiger partial charge in [-0.3, -0.25) is 10.1 Å². The minimum Gasteiger partial charge on any atom is -0.383 e. The summed E-state index contributed by atoms with van der Waals surface area (Å²) in [4.78, 5) is 12.3. The van der Waals surface area contributed by atoms with Gasteiger partial charge in [-0.05, 0) is 19.2 Å². The van der Waals surface area contributed by atoms with Gasteiger partial charge in [0.05, 0.1) is 23.0 Å². The Morgan fingerprint density at radius 2 is 1.78 bits per heavy atom. The molecule has 0 aliphatic rings. The minimum atomic E-state index is -3.75. The fourth-order valence-corrected chi connectivity index (χ4v) is 2.71. The molecule has 23 heavy (non-hydrogen) atoms. The molecule has 10 heteroatoms. The monoisotopic (exact) mass is 347 g/mol. The summed E-state index contributed by atoms with van der Waals surface area (Å²) in [7, 11) is 0.562. The average molecular weight is 347 g/mol. The van der Waals surface area contributed by atoms with E-state index in [4.69, 9.17) is 9.47 Å². The largest absolute Gasteiger partial charge is 0.383 e. The van der Waals surface area contributed by atoms with Gasteiger partial charge in [0.1, 0.15) is 5.69 Å². The number of anilines is 1. The van der Waals surface area contributed by atoms with Gasteiger partial charge in [-0.25, -0.2) is 13.1 Å². The summed E-state index contributed by atoms with van der Waals surface area (Å²) in [6, 6.07) is 3.81. The van der Waals surface area contributed by atoms with Gasteiger partial charge < -0.3 is 14.4 Å². The fourth-order valence-electron chi connectivity index (χ4n) is 1.96. The van der Waals surface area contributed by atoms with Gasteiger partial charge in [0, 0.05) is 33.4 Å². The molecule has 0 atom stereocenters. The van der Waals surface area contributed by atoms with E-state index in [0.29, 0.717) is 32.0 Å². The third kappa shape index (κ3) is 5.13. The summed E-state index contributed by atoms with van der Waals surface area (Å²) < 4.78 is 35.8. The SMILES string of the molecule is CNS(=O)(=O)c1ccc(N(CCOC)CCOC)c([N+](=O)[O-])c1. The van der Waals surface area contributed by atoms with Crippen molar-refractivity contribution in [3.05, 3.63) is 28.3 Å². The third-order valence-corrected chi connectivity index (χ3v) is 4.61. The first-order valence-electron chi connectivity index (χ1n) is 6.82. The first-order chi connectivity index (χ1) is 10.9. The van der Waals surface area contributed by atoms with E-state index in [-0.39, 0.29) is 10.6 Å². The summed E-state index contributed by atoms with van der Waals surface area (Å²) in [5.41, 5.74) is 0.0349. The number of sulfonamides is 1. The van der Waals surface area contributed by atoms with Crippen LogP contribution in [0.5, 0.6) is 0 Å². The van der Waals surface area contributed by atoms with Gasteiger partial charge in [0.15, 0.2) is 0 Å². The van der Waals surface area contributed by atoms with Crippen LogP contribution in [0, 0.1) is 10.1 Å². The minimum absolute atomic E-state index is 0.158. The van der Waals surface area contributed by atoms with Crippen molar-refractivity contribution in [1.82, 2.24) is 4.72 Å². The Hall–Kier alpha value is -1.75. The molecule has 1 aromatic rings. The normalized spacial score (nSPS) is 11.4. The van der Waals surface area contributed by atoms with Crippen molar-refractivity contribution in [2.75, 3.05) is 52.5 Å². The number of hydrogen-bond donors (Lipinski definition) is 1. The molecule has 0 saturated carbocycles. The summed E-state index contributed by atoms with van der Waals surface area (Å²) in [6.45, 7) is 1.58. The summed E-state index contributed by atoms with van der Waals surface area (Å²) >= 11 is 0. The smallest absolute Gasteiger partial charge is 0.293 e. The van der Waals surface area contributed by atoms with E-state index in [0.717, 1.165) is 6.07 Å². The average Bonchev–Trinajstić information content (AvgIpc) is 2.54. The standard InChI is InChI=1S/C13H21N3O6S/c1-14-23(19,20)11-4-5-12(13(10-11)16(17)18)15(6-8-21-2)7-9-22-3/h4-5,10,14H,6-9H2,1-3H3. The highest BCUT2D eigenvalue weighted by molar-refractivity contribution is 7.89. The number of benzene rings is 1. The number of methoxy groups -OCH3 is 2. The Labute approximate surface area is 135 Å². The molecule has 0 bridgehead atoms. The molecule has 0 aliphatic heterocycles. The van der Waals surface area contributed by atoms with E-state index in [1.165, 1.54) is 33.4 Å². The molecule has 0 unspecified atom stereocenters. The Morgan fingerprint density at radius 1 is 1.22 bits per heavy atom. The zero-order chi connectivity index (χ0) is 17.5. The molecule has 9 nitrogen and oxygen atoms in total. The second-order valence-electron chi connectivity index (χ2n) is 4.59. The molecule has 0 fully saturated rings. The van der Waals surface area contributed by atoms with Crippen LogP contribution in [0.4, 0.5) is 11.4 Å². The molecule has 130 valence electrons. The third-order valence-electron chi connectivity index (χ3n) is 3.19. The lowest BCUT2D eigenvalue weighted by Gasteiger charge is -2.24. The first kappa shape index (κ1) is 19.3.